The van der Waals surface area contributed by atoms with Crippen molar-refractivity contribution < 1.29 is 14.5 Å². The van der Waals surface area contributed by atoms with Gasteiger partial charge in [-0.15, -0.1) is 0 Å². The lowest BCUT2D eigenvalue weighted by atomic mass is 10.1. The van der Waals surface area contributed by atoms with Gasteiger partial charge in [0.2, 0.25) is 0 Å². The Morgan fingerprint density at radius 1 is 1.23 bits per heavy atom. The largest absolute Gasteiger partial charge is 0.460 e. The number of nitro benzene ring substituents is 1. The normalized spacial score (nSPS) is 9.77. The average Bonchev–Trinajstić information content (AvgIpc) is 2.54. The molecule has 109 valence electrons. The third-order valence-electron chi connectivity index (χ3n) is 2.88. The van der Waals surface area contributed by atoms with E-state index in [0.717, 1.165) is 0 Å². The fourth-order valence-corrected chi connectivity index (χ4v) is 1.76. The molecule has 0 aliphatic heterocycles. The Kier molecular flexibility index (Phi) is 4.83. The molecule has 2 aromatic rings. The molecule has 0 atom stereocenters. The van der Waals surface area contributed by atoms with Crippen LogP contribution in [-0.2, 0) is 16.1 Å². The minimum Gasteiger partial charge on any atom is -0.460 e. The minimum absolute atomic E-state index is 0.00203. The highest BCUT2D eigenvalue weighted by atomic mass is 16.6. The van der Waals surface area contributed by atoms with E-state index in [4.69, 9.17) is 10.00 Å². The average molecular weight is 295 g/mol. The summed E-state index contributed by atoms with van der Waals surface area (Å²) in [6.45, 7) is 0.00203. The van der Waals surface area contributed by atoms with Crippen molar-refractivity contribution in [2.24, 2.45) is 0 Å². The standard InChI is InChI=1S/C16H11N2O4/c17-10-14-4-2-1-3-13(14)9-16(19)22-11-12-5-7-15(8-6-12)18(20)21/h1-9H,11H2. The molecule has 0 saturated heterocycles. The maximum absolute atomic E-state index is 11.7. The molecule has 0 spiro atoms. The van der Waals surface area contributed by atoms with Gasteiger partial charge in [0, 0.05) is 12.1 Å². The Labute approximate surface area is 126 Å². The molecule has 0 N–H and O–H groups in total. The van der Waals surface area contributed by atoms with Gasteiger partial charge >= 0.3 is 5.97 Å². The molecule has 0 amide bonds. The van der Waals surface area contributed by atoms with E-state index in [1.54, 1.807) is 24.3 Å². The van der Waals surface area contributed by atoms with E-state index in [1.165, 1.54) is 30.7 Å². The molecule has 0 heterocycles. The number of rotatable bonds is 5. The molecule has 0 aromatic heterocycles. The van der Waals surface area contributed by atoms with E-state index >= 15 is 0 Å². The van der Waals surface area contributed by atoms with Crippen molar-refractivity contribution >= 4 is 11.7 Å². The summed E-state index contributed by atoms with van der Waals surface area (Å²) in [5.41, 5.74) is 1.49. The highest BCUT2D eigenvalue weighted by Crippen LogP contribution is 2.14. The summed E-state index contributed by atoms with van der Waals surface area (Å²) in [6, 6.07) is 14.4. The van der Waals surface area contributed by atoms with E-state index in [-0.39, 0.29) is 12.3 Å². The third-order valence-corrected chi connectivity index (χ3v) is 2.88. The summed E-state index contributed by atoms with van der Waals surface area (Å²) in [5, 5.41) is 19.5. The van der Waals surface area contributed by atoms with Gasteiger partial charge in [0.1, 0.15) is 13.0 Å². The highest BCUT2D eigenvalue weighted by molar-refractivity contribution is 5.84. The van der Waals surface area contributed by atoms with Gasteiger partial charge in [0.15, 0.2) is 0 Å². The van der Waals surface area contributed by atoms with E-state index in [9.17, 15) is 14.9 Å². The van der Waals surface area contributed by atoms with Crippen LogP contribution in [0.4, 0.5) is 5.69 Å². The lowest BCUT2D eigenvalue weighted by molar-refractivity contribution is -0.384. The first kappa shape index (κ1) is 15.2. The van der Waals surface area contributed by atoms with Crippen LogP contribution in [0.25, 0.3) is 0 Å². The zero-order valence-corrected chi connectivity index (χ0v) is 11.4. The van der Waals surface area contributed by atoms with Crippen LogP contribution in [0.1, 0.15) is 16.7 Å². The van der Waals surface area contributed by atoms with Gasteiger partial charge in [-0.1, -0.05) is 18.2 Å². The van der Waals surface area contributed by atoms with Crippen LogP contribution >= 0.6 is 0 Å². The van der Waals surface area contributed by atoms with Crippen molar-refractivity contribution in [3.05, 3.63) is 81.8 Å². The lowest BCUT2D eigenvalue weighted by Gasteiger charge is -2.05. The molecule has 0 fully saturated rings. The van der Waals surface area contributed by atoms with Crippen LogP contribution in [0.3, 0.4) is 0 Å². The summed E-state index contributed by atoms with van der Waals surface area (Å²) in [6.07, 6.45) is 1.24. The summed E-state index contributed by atoms with van der Waals surface area (Å²) in [4.78, 5) is 21.8. The SMILES string of the molecule is N#Cc1ccccc1[CH]C(=O)OCc1ccc([N+](=O)[O-])cc1. The number of benzene rings is 2. The van der Waals surface area contributed by atoms with Gasteiger partial charge in [-0.05, 0) is 29.3 Å². The van der Waals surface area contributed by atoms with Gasteiger partial charge in [0.25, 0.3) is 5.69 Å². The number of nitro groups is 1. The number of hydrogen-bond acceptors (Lipinski definition) is 5. The first-order valence-electron chi connectivity index (χ1n) is 6.34. The molecular formula is C16H11N2O4. The fourth-order valence-electron chi connectivity index (χ4n) is 1.76. The van der Waals surface area contributed by atoms with Crippen molar-refractivity contribution in [1.29, 1.82) is 5.26 Å². The van der Waals surface area contributed by atoms with Gasteiger partial charge in [-0.25, -0.2) is 0 Å². The quantitative estimate of drug-likeness (QED) is 0.480. The summed E-state index contributed by atoms with van der Waals surface area (Å²) < 4.78 is 5.06. The Hall–Kier alpha value is -3.20. The summed E-state index contributed by atoms with van der Waals surface area (Å²) in [7, 11) is 0. The number of esters is 1. The molecule has 0 unspecified atom stereocenters. The zero-order valence-electron chi connectivity index (χ0n) is 11.4. The van der Waals surface area contributed by atoms with Crippen LogP contribution in [-0.4, -0.2) is 10.9 Å². The Morgan fingerprint density at radius 2 is 1.91 bits per heavy atom. The molecule has 22 heavy (non-hydrogen) atoms. The van der Waals surface area contributed by atoms with Gasteiger partial charge in [0.05, 0.1) is 16.6 Å². The number of ether oxygens (including phenoxy) is 1. The minimum atomic E-state index is -0.582. The topological polar surface area (TPSA) is 93.2 Å². The van der Waals surface area contributed by atoms with Crippen LogP contribution in [0, 0.1) is 27.9 Å². The van der Waals surface area contributed by atoms with Crippen LogP contribution in [0.15, 0.2) is 48.5 Å². The fraction of sp³-hybridized carbons (Fsp3) is 0.0625. The number of hydrogen-bond donors (Lipinski definition) is 0. The van der Waals surface area contributed by atoms with Gasteiger partial charge < -0.3 is 4.74 Å². The molecule has 0 aliphatic carbocycles. The van der Waals surface area contributed by atoms with Crippen molar-refractivity contribution in [1.82, 2.24) is 0 Å². The van der Waals surface area contributed by atoms with Gasteiger partial charge in [-0.3, -0.25) is 14.9 Å². The molecule has 1 radical (unpaired) electrons. The van der Waals surface area contributed by atoms with E-state index < -0.39 is 10.9 Å². The number of non-ortho nitro benzene ring substituents is 1. The summed E-state index contributed by atoms with van der Waals surface area (Å²) in [5.74, 6) is -0.582. The second-order valence-electron chi connectivity index (χ2n) is 4.37. The smallest absolute Gasteiger partial charge is 0.315 e. The van der Waals surface area contributed by atoms with Crippen LogP contribution in [0.5, 0.6) is 0 Å². The van der Waals surface area contributed by atoms with Crippen molar-refractivity contribution in [2.75, 3.05) is 0 Å². The van der Waals surface area contributed by atoms with E-state index in [1.807, 2.05) is 6.07 Å². The van der Waals surface area contributed by atoms with Gasteiger partial charge in [-0.2, -0.15) is 5.26 Å². The second-order valence-corrected chi connectivity index (χ2v) is 4.37. The van der Waals surface area contributed by atoms with E-state index in [2.05, 4.69) is 0 Å². The number of nitriles is 1. The van der Waals surface area contributed by atoms with E-state index in [0.29, 0.717) is 16.7 Å². The number of nitrogens with zero attached hydrogens (tertiary/aromatic N) is 2. The third kappa shape index (κ3) is 3.90. The monoisotopic (exact) mass is 295 g/mol. The second kappa shape index (κ2) is 6.99. The molecule has 0 aliphatic rings. The molecular weight excluding hydrogens is 284 g/mol. The predicted octanol–water partition coefficient (Wildman–Crippen LogP) is 2.76. The molecule has 2 aromatic carbocycles. The first-order valence-corrected chi connectivity index (χ1v) is 6.34. The molecule has 6 nitrogen and oxygen atoms in total. The maximum atomic E-state index is 11.7. The predicted molar refractivity (Wildman–Crippen MR) is 77.5 cm³/mol. The highest BCUT2D eigenvalue weighted by Gasteiger charge is 2.10. The first-order chi connectivity index (χ1) is 10.6. The van der Waals surface area contributed by atoms with Crippen LogP contribution in [0.2, 0.25) is 0 Å². The molecule has 0 bridgehead atoms. The van der Waals surface area contributed by atoms with Crippen molar-refractivity contribution in [2.45, 2.75) is 6.61 Å². The van der Waals surface area contributed by atoms with Crippen molar-refractivity contribution in [3.63, 3.8) is 0 Å². The lowest BCUT2D eigenvalue weighted by Crippen LogP contribution is -2.07. The molecule has 2 rings (SSSR count). The molecule has 6 heteroatoms. The Morgan fingerprint density at radius 3 is 2.55 bits per heavy atom. The molecule has 0 saturated carbocycles. The van der Waals surface area contributed by atoms with Crippen LogP contribution < -0.4 is 0 Å². The number of carbonyl (C=O) groups is 1. The number of carbonyl (C=O) groups excluding carboxylic acids is 1. The van der Waals surface area contributed by atoms with Crippen molar-refractivity contribution in [3.8, 4) is 6.07 Å². The zero-order chi connectivity index (χ0) is 15.9. The maximum Gasteiger partial charge on any atom is 0.315 e. The Bertz CT molecular complexity index is 733. The summed E-state index contributed by atoms with van der Waals surface area (Å²) >= 11 is 0. The Balaban J connectivity index is 1.93.